The Morgan fingerprint density at radius 1 is 1.24 bits per heavy atom. The highest BCUT2D eigenvalue weighted by molar-refractivity contribution is 6.03. The molecule has 0 bridgehead atoms. The quantitative estimate of drug-likeness (QED) is 0.685. The average molecular weight is 339 g/mol. The van der Waals surface area contributed by atoms with Crippen LogP contribution in [0.25, 0.3) is 0 Å². The van der Waals surface area contributed by atoms with Crippen molar-refractivity contribution in [3.8, 4) is 0 Å². The van der Waals surface area contributed by atoms with E-state index in [9.17, 15) is 19.7 Å². The number of carbonyl (C=O) groups is 2. The highest BCUT2D eigenvalue weighted by atomic mass is 16.6. The van der Waals surface area contributed by atoms with Crippen LogP contribution < -0.4 is 10.2 Å². The fourth-order valence-electron chi connectivity index (χ4n) is 2.88. The van der Waals surface area contributed by atoms with E-state index in [4.69, 9.17) is 0 Å². The fourth-order valence-corrected chi connectivity index (χ4v) is 2.88. The Kier molecular flexibility index (Phi) is 4.47. The summed E-state index contributed by atoms with van der Waals surface area (Å²) in [6, 6.07) is 13.5. The van der Waals surface area contributed by atoms with Gasteiger partial charge >= 0.3 is 0 Å². The van der Waals surface area contributed by atoms with Crippen molar-refractivity contribution in [1.29, 1.82) is 0 Å². The van der Waals surface area contributed by atoms with Gasteiger partial charge in [0.25, 0.3) is 5.69 Å². The van der Waals surface area contributed by atoms with Crippen molar-refractivity contribution in [1.82, 2.24) is 0 Å². The normalized spacial score (nSPS) is 16.8. The minimum absolute atomic E-state index is 0.0261. The molecule has 7 nitrogen and oxygen atoms in total. The first-order chi connectivity index (χ1) is 12.0. The Bertz CT molecular complexity index is 835. The van der Waals surface area contributed by atoms with E-state index in [2.05, 4.69) is 5.32 Å². The van der Waals surface area contributed by atoms with Crippen LogP contribution in [0.2, 0.25) is 0 Å². The van der Waals surface area contributed by atoms with Crippen molar-refractivity contribution in [3.05, 3.63) is 64.2 Å². The molecule has 2 amide bonds. The highest BCUT2D eigenvalue weighted by Crippen LogP contribution is 2.27. The predicted molar refractivity (Wildman–Crippen MR) is 93.4 cm³/mol. The van der Waals surface area contributed by atoms with Gasteiger partial charge in [-0.05, 0) is 30.7 Å². The monoisotopic (exact) mass is 339 g/mol. The van der Waals surface area contributed by atoms with Crippen LogP contribution in [0.1, 0.15) is 12.0 Å². The summed E-state index contributed by atoms with van der Waals surface area (Å²) in [5.41, 5.74) is 1.86. The van der Waals surface area contributed by atoms with Gasteiger partial charge in [-0.25, -0.2) is 0 Å². The molecular weight excluding hydrogens is 322 g/mol. The Balaban J connectivity index is 1.70. The van der Waals surface area contributed by atoms with E-state index in [-0.39, 0.29) is 23.9 Å². The topological polar surface area (TPSA) is 92.5 Å². The van der Waals surface area contributed by atoms with Gasteiger partial charge in [0.1, 0.15) is 0 Å². The number of rotatable bonds is 4. The van der Waals surface area contributed by atoms with Crippen LogP contribution in [0.4, 0.5) is 17.1 Å². The largest absolute Gasteiger partial charge is 0.326 e. The van der Waals surface area contributed by atoms with Gasteiger partial charge in [0.15, 0.2) is 0 Å². The van der Waals surface area contributed by atoms with Crippen LogP contribution in [0.3, 0.4) is 0 Å². The summed E-state index contributed by atoms with van der Waals surface area (Å²) in [5, 5.41) is 13.5. The van der Waals surface area contributed by atoms with E-state index < -0.39 is 10.8 Å². The Morgan fingerprint density at radius 2 is 1.96 bits per heavy atom. The van der Waals surface area contributed by atoms with Gasteiger partial charge in [-0.2, -0.15) is 0 Å². The van der Waals surface area contributed by atoms with Gasteiger partial charge in [0.2, 0.25) is 11.8 Å². The van der Waals surface area contributed by atoms with Crippen LogP contribution in [0, 0.1) is 23.0 Å². The van der Waals surface area contributed by atoms with Gasteiger partial charge in [-0.15, -0.1) is 0 Å². The van der Waals surface area contributed by atoms with Crippen molar-refractivity contribution >= 4 is 28.9 Å². The molecule has 25 heavy (non-hydrogen) atoms. The van der Waals surface area contributed by atoms with E-state index >= 15 is 0 Å². The van der Waals surface area contributed by atoms with Crippen LogP contribution in [0.15, 0.2) is 48.5 Å². The second kappa shape index (κ2) is 6.72. The fraction of sp³-hybridized carbons (Fsp3) is 0.222. The van der Waals surface area contributed by atoms with Crippen LogP contribution >= 0.6 is 0 Å². The molecule has 0 saturated carbocycles. The molecule has 1 atom stereocenters. The van der Waals surface area contributed by atoms with Crippen molar-refractivity contribution in [2.45, 2.75) is 13.3 Å². The number of nitro groups is 1. The number of nitrogens with one attached hydrogen (secondary N) is 1. The number of non-ortho nitro benzene ring substituents is 1. The number of amides is 2. The molecule has 128 valence electrons. The molecule has 0 unspecified atom stereocenters. The number of hydrogen-bond donors (Lipinski definition) is 1. The second-order valence-electron chi connectivity index (χ2n) is 5.99. The number of anilines is 2. The summed E-state index contributed by atoms with van der Waals surface area (Å²) in [4.78, 5) is 36.6. The molecule has 7 heteroatoms. The standard InChI is InChI=1S/C18H17N3O4/c1-12-9-15(21(24)25)7-8-16(12)19-18(23)13-10-17(22)20(11-13)14-5-3-2-4-6-14/h2-9,13H,10-11H2,1H3,(H,19,23)/t13-/m0/s1. The van der Waals surface area contributed by atoms with E-state index in [1.165, 1.54) is 18.2 Å². The summed E-state index contributed by atoms with van der Waals surface area (Å²) in [7, 11) is 0. The lowest BCUT2D eigenvalue weighted by molar-refractivity contribution is -0.384. The second-order valence-corrected chi connectivity index (χ2v) is 5.99. The minimum Gasteiger partial charge on any atom is -0.326 e. The number of benzene rings is 2. The summed E-state index contributed by atoms with van der Waals surface area (Å²) in [5.74, 6) is -0.808. The molecule has 2 aromatic rings. The summed E-state index contributed by atoms with van der Waals surface area (Å²) >= 11 is 0. The summed E-state index contributed by atoms with van der Waals surface area (Å²) in [6.45, 7) is 2.01. The molecule has 1 aliphatic heterocycles. The molecular formula is C18H17N3O4. The third kappa shape index (κ3) is 3.50. The lowest BCUT2D eigenvalue weighted by Crippen LogP contribution is -2.28. The molecule has 1 aliphatic rings. The third-order valence-corrected chi connectivity index (χ3v) is 4.24. The maximum Gasteiger partial charge on any atom is 0.269 e. The molecule has 0 radical (unpaired) electrons. The minimum atomic E-state index is -0.480. The number of nitrogens with zero attached hydrogens (tertiary/aromatic N) is 2. The number of hydrogen-bond acceptors (Lipinski definition) is 4. The molecule has 1 saturated heterocycles. The Morgan fingerprint density at radius 3 is 2.60 bits per heavy atom. The lowest BCUT2D eigenvalue weighted by atomic mass is 10.1. The van der Waals surface area contributed by atoms with Gasteiger partial charge in [0, 0.05) is 36.5 Å². The molecule has 1 heterocycles. The maximum absolute atomic E-state index is 12.5. The molecule has 0 aromatic heterocycles. The highest BCUT2D eigenvalue weighted by Gasteiger charge is 2.35. The smallest absolute Gasteiger partial charge is 0.269 e. The van der Waals surface area contributed by atoms with Gasteiger partial charge in [-0.1, -0.05) is 18.2 Å². The van der Waals surface area contributed by atoms with Gasteiger partial charge < -0.3 is 10.2 Å². The van der Waals surface area contributed by atoms with E-state index in [1.807, 2.05) is 30.3 Å². The van der Waals surface area contributed by atoms with Crippen LogP contribution in [-0.2, 0) is 9.59 Å². The summed E-state index contributed by atoms with van der Waals surface area (Å²) < 4.78 is 0. The van der Waals surface area contributed by atoms with Crippen LogP contribution in [0.5, 0.6) is 0 Å². The molecule has 0 aliphatic carbocycles. The lowest BCUT2D eigenvalue weighted by Gasteiger charge is -2.16. The van der Waals surface area contributed by atoms with Crippen molar-refractivity contribution < 1.29 is 14.5 Å². The van der Waals surface area contributed by atoms with Gasteiger partial charge in [0.05, 0.1) is 10.8 Å². The number of nitro benzene ring substituents is 1. The zero-order chi connectivity index (χ0) is 18.0. The maximum atomic E-state index is 12.5. The SMILES string of the molecule is Cc1cc([N+](=O)[O-])ccc1NC(=O)[C@H]1CC(=O)N(c2ccccc2)C1. The first kappa shape index (κ1) is 16.6. The number of para-hydroxylation sites is 1. The first-order valence-corrected chi connectivity index (χ1v) is 7.87. The van der Waals surface area contributed by atoms with E-state index in [1.54, 1.807) is 11.8 Å². The van der Waals surface area contributed by atoms with Crippen molar-refractivity contribution in [3.63, 3.8) is 0 Å². The van der Waals surface area contributed by atoms with Crippen LogP contribution in [-0.4, -0.2) is 23.3 Å². The molecule has 3 rings (SSSR count). The zero-order valence-electron chi connectivity index (χ0n) is 13.6. The number of aryl methyl sites for hydroxylation is 1. The zero-order valence-corrected chi connectivity index (χ0v) is 13.6. The van der Waals surface area contributed by atoms with Crippen molar-refractivity contribution in [2.75, 3.05) is 16.8 Å². The van der Waals surface area contributed by atoms with E-state index in [0.717, 1.165) is 5.69 Å². The Hall–Kier alpha value is -3.22. The summed E-state index contributed by atoms with van der Waals surface area (Å²) in [6.07, 6.45) is 0.146. The third-order valence-electron chi connectivity index (χ3n) is 4.24. The van der Waals surface area contributed by atoms with Gasteiger partial charge in [-0.3, -0.25) is 19.7 Å². The Labute approximate surface area is 144 Å². The van der Waals surface area contributed by atoms with E-state index in [0.29, 0.717) is 17.8 Å². The predicted octanol–water partition coefficient (Wildman–Crippen LogP) is 2.89. The molecule has 1 fully saturated rings. The molecule has 0 spiro atoms. The number of carbonyl (C=O) groups excluding carboxylic acids is 2. The first-order valence-electron chi connectivity index (χ1n) is 7.87. The molecule has 2 aromatic carbocycles. The average Bonchev–Trinajstić information content (AvgIpc) is 2.99. The van der Waals surface area contributed by atoms with Crippen molar-refractivity contribution in [2.24, 2.45) is 5.92 Å². The molecule has 1 N–H and O–H groups in total.